The Morgan fingerprint density at radius 3 is 2.77 bits per heavy atom. The number of amides is 1. The molecule has 2 aromatic heterocycles. The summed E-state index contributed by atoms with van der Waals surface area (Å²) in [6.45, 7) is -0.0504. The van der Waals surface area contributed by atoms with E-state index in [-0.39, 0.29) is 24.6 Å². The first kappa shape index (κ1) is 22.0. The van der Waals surface area contributed by atoms with Gasteiger partial charge in [-0.25, -0.2) is 0 Å². The van der Waals surface area contributed by atoms with Crippen LogP contribution in [0.25, 0.3) is 0 Å². The average Bonchev–Trinajstić information content (AvgIpc) is 3.33. The lowest BCUT2D eigenvalue weighted by Gasteiger charge is -2.27. The van der Waals surface area contributed by atoms with E-state index in [0.717, 1.165) is 16.3 Å². The number of ether oxygens (including phenoxy) is 1. The molecule has 2 atom stereocenters. The van der Waals surface area contributed by atoms with Gasteiger partial charge in [-0.2, -0.15) is 0 Å². The van der Waals surface area contributed by atoms with Gasteiger partial charge in [0, 0.05) is 23.9 Å². The number of carbonyl (C=O) groups excluding carboxylic acids is 1. The van der Waals surface area contributed by atoms with Gasteiger partial charge in [-0.1, -0.05) is 29.3 Å². The Bertz CT molecular complexity index is 1110. The number of thiocarbonyl (C=S) groups is 1. The fraction of sp³-hybridized carbons (Fsp3) is 0.190. The van der Waals surface area contributed by atoms with Gasteiger partial charge in [0.1, 0.15) is 6.61 Å². The Morgan fingerprint density at radius 2 is 2.13 bits per heavy atom. The monoisotopic (exact) mass is 492 g/mol. The highest BCUT2D eigenvalue weighted by atomic mass is 35.5. The number of hydrogen-bond acceptors (Lipinski definition) is 5. The smallest absolute Gasteiger partial charge is 0.250 e. The second kappa shape index (κ2) is 9.50. The maximum atomic E-state index is 11.8. The molecule has 6 nitrogen and oxygen atoms in total. The summed E-state index contributed by atoms with van der Waals surface area (Å²) >= 11 is 19.9. The molecule has 1 fully saturated rings. The van der Waals surface area contributed by atoms with Crippen LogP contribution >= 0.6 is 46.8 Å². The van der Waals surface area contributed by atoms with Crippen LogP contribution in [0, 0.1) is 0 Å². The summed E-state index contributed by atoms with van der Waals surface area (Å²) in [5.74, 6) is -0.281. The number of nitrogens with one attached hydrogen (secondary N) is 2. The van der Waals surface area contributed by atoms with Gasteiger partial charge in [0.15, 0.2) is 5.11 Å². The molecule has 2 unspecified atom stereocenters. The number of benzene rings is 1. The second-order valence-electron chi connectivity index (χ2n) is 6.78. The molecule has 4 rings (SSSR count). The van der Waals surface area contributed by atoms with Crippen molar-refractivity contribution in [1.29, 1.82) is 0 Å². The van der Waals surface area contributed by atoms with E-state index in [1.807, 2.05) is 41.3 Å². The van der Waals surface area contributed by atoms with Gasteiger partial charge < -0.3 is 20.3 Å². The zero-order valence-electron chi connectivity index (χ0n) is 16.3. The summed E-state index contributed by atoms with van der Waals surface area (Å²) in [4.78, 5) is 19.4. The summed E-state index contributed by atoms with van der Waals surface area (Å²) in [5, 5.41) is 7.07. The molecule has 1 aromatic carbocycles. The molecule has 1 amide bonds. The first-order valence-corrected chi connectivity index (χ1v) is 11.3. The second-order valence-corrected chi connectivity index (χ2v) is 9.32. The molecule has 1 aliphatic rings. The summed E-state index contributed by atoms with van der Waals surface area (Å²) in [6.07, 6.45) is 1.76. The lowest BCUT2D eigenvalue weighted by molar-refractivity contribution is -0.119. The van der Waals surface area contributed by atoms with Gasteiger partial charge in [-0.3, -0.25) is 9.78 Å². The van der Waals surface area contributed by atoms with Gasteiger partial charge in [0.05, 0.1) is 32.8 Å². The molecule has 10 heteroatoms. The number of methoxy groups -OCH3 is 1. The largest absolute Gasteiger partial charge is 0.375 e. The molecule has 0 saturated carbocycles. The van der Waals surface area contributed by atoms with Crippen molar-refractivity contribution in [3.8, 4) is 0 Å². The Labute approximate surface area is 199 Å². The van der Waals surface area contributed by atoms with Crippen LogP contribution in [-0.4, -0.2) is 29.7 Å². The zero-order chi connectivity index (χ0) is 22.0. The predicted octanol–water partition coefficient (Wildman–Crippen LogP) is 5.21. The highest BCUT2D eigenvalue weighted by molar-refractivity contribution is 7.80. The number of anilines is 2. The number of aromatic nitrogens is 1. The maximum absolute atomic E-state index is 11.8. The Kier molecular flexibility index (Phi) is 6.74. The van der Waals surface area contributed by atoms with Gasteiger partial charge in [0.25, 0.3) is 0 Å². The minimum Gasteiger partial charge on any atom is -0.375 e. The first-order valence-electron chi connectivity index (χ1n) is 9.32. The summed E-state index contributed by atoms with van der Waals surface area (Å²) in [5.41, 5.74) is 2.17. The highest BCUT2D eigenvalue weighted by Crippen LogP contribution is 2.45. The zero-order valence-corrected chi connectivity index (χ0v) is 19.5. The van der Waals surface area contributed by atoms with E-state index in [4.69, 9.17) is 40.2 Å². The van der Waals surface area contributed by atoms with Crippen molar-refractivity contribution >= 4 is 69.2 Å². The maximum Gasteiger partial charge on any atom is 0.250 e. The summed E-state index contributed by atoms with van der Waals surface area (Å²) < 4.78 is 5.55. The van der Waals surface area contributed by atoms with Crippen LogP contribution < -0.4 is 15.5 Å². The molecule has 160 valence electrons. The van der Waals surface area contributed by atoms with Crippen LogP contribution in [0.4, 0.5) is 11.4 Å². The average molecular weight is 493 g/mol. The molecule has 3 aromatic rings. The topological polar surface area (TPSA) is 66.5 Å². The molecule has 1 aliphatic heterocycles. The molecule has 3 heterocycles. The number of rotatable bonds is 6. The number of carbonyl (C=O) groups is 1. The molecule has 0 spiro atoms. The Morgan fingerprint density at radius 1 is 1.29 bits per heavy atom. The number of nitrogens with zero attached hydrogens (tertiary/aromatic N) is 2. The highest BCUT2D eigenvalue weighted by Gasteiger charge is 2.41. The molecule has 0 aliphatic carbocycles. The van der Waals surface area contributed by atoms with E-state index in [9.17, 15) is 4.79 Å². The fourth-order valence-corrected chi connectivity index (χ4v) is 5.24. The lowest BCUT2D eigenvalue weighted by Crippen LogP contribution is -2.29. The van der Waals surface area contributed by atoms with Crippen molar-refractivity contribution in [2.75, 3.05) is 23.9 Å². The SMILES string of the molecule is COCC(=O)Nc1ccc(N2C(=S)NC(c3ccccn3)C2c2ccc(Cl)s2)cc1Cl. The molecular formula is C21H18Cl2N4O2S2. The van der Waals surface area contributed by atoms with Gasteiger partial charge in [0.2, 0.25) is 5.91 Å². The fourth-order valence-electron chi connectivity index (χ4n) is 3.48. The normalized spacial score (nSPS) is 18.2. The van der Waals surface area contributed by atoms with Crippen LogP contribution in [0.2, 0.25) is 9.36 Å². The van der Waals surface area contributed by atoms with Crippen LogP contribution in [0.15, 0.2) is 54.7 Å². The minimum absolute atomic E-state index is 0.0504. The Hall–Kier alpha value is -2.23. The lowest BCUT2D eigenvalue weighted by atomic mass is 10.0. The number of pyridine rings is 1. The molecule has 0 bridgehead atoms. The van der Waals surface area contributed by atoms with Crippen molar-refractivity contribution in [3.63, 3.8) is 0 Å². The minimum atomic E-state index is -0.281. The van der Waals surface area contributed by atoms with Crippen LogP contribution in [0.1, 0.15) is 22.7 Å². The third-order valence-electron chi connectivity index (χ3n) is 4.76. The van der Waals surface area contributed by atoms with E-state index < -0.39 is 0 Å². The van der Waals surface area contributed by atoms with Crippen molar-refractivity contribution < 1.29 is 9.53 Å². The first-order chi connectivity index (χ1) is 15.0. The van der Waals surface area contributed by atoms with Gasteiger partial charge in [-0.05, 0) is 54.7 Å². The van der Waals surface area contributed by atoms with Crippen LogP contribution in [0.3, 0.4) is 0 Å². The van der Waals surface area contributed by atoms with E-state index in [1.165, 1.54) is 18.4 Å². The quantitative estimate of drug-likeness (QED) is 0.460. The number of thiophene rings is 1. The third-order valence-corrected chi connectivity index (χ3v) is 6.69. The standard InChI is InChI=1S/C21H18Cl2N4O2S2/c1-29-11-18(28)25-14-6-5-12(10-13(14)22)27-20(16-7-8-17(23)31-16)19(26-21(27)30)15-4-2-3-9-24-15/h2-10,19-20H,11H2,1H3,(H,25,28)(H,26,30). The van der Waals surface area contributed by atoms with E-state index >= 15 is 0 Å². The van der Waals surface area contributed by atoms with Gasteiger partial charge >= 0.3 is 0 Å². The van der Waals surface area contributed by atoms with Crippen LogP contribution in [-0.2, 0) is 9.53 Å². The van der Waals surface area contributed by atoms with Crippen molar-refractivity contribution in [3.05, 3.63) is 74.7 Å². The number of hydrogen-bond donors (Lipinski definition) is 2. The van der Waals surface area contributed by atoms with Gasteiger partial charge in [-0.15, -0.1) is 11.3 Å². The molecular weight excluding hydrogens is 475 g/mol. The van der Waals surface area contributed by atoms with E-state index in [2.05, 4.69) is 15.6 Å². The molecule has 31 heavy (non-hydrogen) atoms. The Balaban J connectivity index is 1.71. The van der Waals surface area contributed by atoms with Crippen molar-refractivity contribution in [2.24, 2.45) is 0 Å². The van der Waals surface area contributed by atoms with Crippen molar-refractivity contribution in [2.45, 2.75) is 12.1 Å². The van der Waals surface area contributed by atoms with Crippen molar-refractivity contribution in [1.82, 2.24) is 10.3 Å². The summed E-state index contributed by atoms with van der Waals surface area (Å²) in [7, 11) is 1.46. The molecule has 1 saturated heterocycles. The summed E-state index contributed by atoms with van der Waals surface area (Å²) in [6, 6.07) is 14.7. The molecule has 2 N–H and O–H groups in total. The third kappa shape index (κ3) is 4.68. The number of halogens is 2. The van der Waals surface area contributed by atoms with E-state index in [0.29, 0.717) is 20.2 Å². The molecule has 0 radical (unpaired) electrons. The van der Waals surface area contributed by atoms with E-state index in [1.54, 1.807) is 18.3 Å². The van der Waals surface area contributed by atoms with Crippen LogP contribution in [0.5, 0.6) is 0 Å². The predicted molar refractivity (Wildman–Crippen MR) is 129 cm³/mol.